The van der Waals surface area contributed by atoms with Gasteiger partial charge >= 0.3 is 0 Å². The normalized spacial score (nSPS) is 28.3. The average molecular weight is 279 g/mol. The molecule has 3 fully saturated rings. The Morgan fingerprint density at radius 2 is 1.35 bits per heavy atom. The number of nitrogens with one attached hydrogen (secondary N) is 1. The van der Waals surface area contributed by atoms with Crippen molar-refractivity contribution in [2.24, 2.45) is 0 Å². The minimum atomic E-state index is -0.178. The topological polar surface area (TPSA) is 35.6 Å². The van der Waals surface area contributed by atoms with Crippen molar-refractivity contribution in [2.75, 3.05) is 39.3 Å². The zero-order valence-corrected chi connectivity index (χ0v) is 12.7. The number of carbonyl (C=O) groups is 1. The Hall–Kier alpha value is -0.610. The standard InChI is InChI=1S/C16H29N3O/c20-15(18-11-3-1-4-12-18)16(7-9-17-10-8-16)19-13-5-2-6-14-19/h17H,1-14H2. The maximum absolute atomic E-state index is 13.2. The van der Waals surface area contributed by atoms with E-state index in [1.54, 1.807) is 0 Å². The molecule has 3 aliphatic heterocycles. The summed E-state index contributed by atoms with van der Waals surface area (Å²) < 4.78 is 0. The second-order valence-corrected chi connectivity index (χ2v) is 6.68. The maximum atomic E-state index is 13.2. The predicted octanol–water partition coefficient (Wildman–Crippen LogP) is 1.61. The molecule has 3 rings (SSSR count). The highest BCUT2D eigenvalue weighted by Crippen LogP contribution is 2.32. The van der Waals surface area contributed by atoms with Crippen LogP contribution in [-0.4, -0.2) is 60.5 Å². The zero-order valence-electron chi connectivity index (χ0n) is 12.7. The molecule has 3 heterocycles. The highest BCUT2D eigenvalue weighted by atomic mass is 16.2. The fourth-order valence-electron chi connectivity index (χ4n) is 4.22. The van der Waals surface area contributed by atoms with Crippen molar-refractivity contribution < 1.29 is 4.79 Å². The van der Waals surface area contributed by atoms with Gasteiger partial charge in [-0.2, -0.15) is 0 Å². The number of rotatable bonds is 2. The van der Waals surface area contributed by atoms with E-state index in [1.165, 1.54) is 38.5 Å². The summed E-state index contributed by atoms with van der Waals surface area (Å²) in [5.74, 6) is 0.445. The van der Waals surface area contributed by atoms with E-state index in [-0.39, 0.29) is 5.54 Å². The molecule has 0 aromatic rings. The quantitative estimate of drug-likeness (QED) is 0.834. The van der Waals surface area contributed by atoms with Crippen molar-refractivity contribution in [3.63, 3.8) is 0 Å². The molecule has 1 amide bonds. The monoisotopic (exact) mass is 279 g/mol. The van der Waals surface area contributed by atoms with Gasteiger partial charge in [-0.1, -0.05) is 6.42 Å². The third-order valence-electron chi connectivity index (χ3n) is 5.43. The van der Waals surface area contributed by atoms with E-state index in [2.05, 4.69) is 15.1 Å². The minimum absolute atomic E-state index is 0.178. The van der Waals surface area contributed by atoms with Crippen LogP contribution in [0.15, 0.2) is 0 Å². The van der Waals surface area contributed by atoms with Gasteiger partial charge in [0.15, 0.2) is 0 Å². The Morgan fingerprint density at radius 1 is 0.800 bits per heavy atom. The van der Waals surface area contributed by atoms with Crippen molar-refractivity contribution >= 4 is 5.91 Å². The molecule has 0 aromatic heterocycles. The molecule has 0 saturated carbocycles. The second kappa shape index (κ2) is 6.44. The number of likely N-dealkylation sites (tertiary alicyclic amines) is 2. The van der Waals surface area contributed by atoms with Crippen molar-refractivity contribution in [3.05, 3.63) is 0 Å². The summed E-state index contributed by atoms with van der Waals surface area (Å²) in [4.78, 5) is 17.9. The van der Waals surface area contributed by atoms with E-state index in [9.17, 15) is 4.79 Å². The van der Waals surface area contributed by atoms with Crippen LogP contribution in [0, 0.1) is 0 Å². The van der Waals surface area contributed by atoms with Crippen LogP contribution in [0.2, 0.25) is 0 Å². The number of carbonyl (C=O) groups excluding carboxylic acids is 1. The Morgan fingerprint density at radius 3 is 1.95 bits per heavy atom. The van der Waals surface area contributed by atoms with Gasteiger partial charge in [0.1, 0.15) is 5.54 Å². The number of amides is 1. The Balaban J connectivity index is 1.78. The molecule has 0 aromatic carbocycles. The van der Waals surface area contributed by atoms with Gasteiger partial charge in [0.2, 0.25) is 5.91 Å². The first-order chi connectivity index (χ1) is 9.83. The van der Waals surface area contributed by atoms with Crippen LogP contribution in [0.3, 0.4) is 0 Å². The molecule has 4 nitrogen and oxygen atoms in total. The molecule has 0 radical (unpaired) electrons. The van der Waals surface area contributed by atoms with E-state index < -0.39 is 0 Å². The van der Waals surface area contributed by atoms with Gasteiger partial charge in [0.25, 0.3) is 0 Å². The van der Waals surface area contributed by atoms with Gasteiger partial charge in [-0.3, -0.25) is 9.69 Å². The largest absolute Gasteiger partial charge is 0.341 e. The van der Waals surface area contributed by atoms with Crippen molar-refractivity contribution in [1.82, 2.24) is 15.1 Å². The first-order valence-electron chi connectivity index (χ1n) is 8.58. The minimum Gasteiger partial charge on any atom is -0.341 e. The molecule has 20 heavy (non-hydrogen) atoms. The fraction of sp³-hybridized carbons (Fsp3) is 0.938. The second-order valence-electron chi connectivity index (χ2n) is 6.68. The maximum Gasteiger partial charge on any atom is 0.243 e. The molecule has 0 spiro atoms. The lowest BCUT2D eigenvalue weighted by atomic mass is 9.83. The molecular weight excluding hydrogens is 250 g/mol. The molecule has 3 saturated heterocycles. The molecule has 0 unspecified atom stereocenters. The van der Waals surface area contributed by atoms with E-state index in [4.69, 9.17) is 0 Å². The molecule has 0 aliphatic carbocycles. The van der Waals surface area contributed by atoms with Gasteiger partial charge in [-0.05, 0) is 71.1 Å². The lowest BCUT2D eigenvalue weighted by molar-refractivity contribution is -0.149. The van der Waals surface area contributed by atoms with E-state index in [0.29, 0.717) is 5.91 Å². The molecule has 4 heteroatoms. The Kier molecular flexibility index (Phi) is 4.61. The number of hydrogen-bond donors (Lipinski definition) is 1. The third-order valence-corrected chi connectivity index (χ3v) is 5.43. The molecule has 3 aliphatic rings. The third kappa shape index (κ3) is 2.73. The summed E-state index contributed by atoms with van der Waals surface area (Å²) in [6, 6.07) is 0. The van der Waals surface area contributed by atoms with Crippen molar-refractivity contribution in [1.29, 1.82) is 0 Å². The molecular formula is C16H29N3O. The molecule has 0 bridgehead atoms. The summed E-state index contributed by atoms with van der Waals surface area (Å²) in [5, 5.41) is 3.44. The smallest absolute Gasteiger partial charge is 0.243 e. The van der Waals surface area contributed by atoms with Crippen LogP contribution in [0.5, 0.6) is 0 Å². The predicted molar refractivity (Wildman–Crippen MR) is 80.7 cm³/mol. The Bertz CT molecular complexity index is 327. The van der Waals surface area contributed by atoms with E-state index >= 15 is 0 Å². The molecule has 0 atom stereocenters. The van der Waals surface area contributed by atoms with Crippen molar-refractivity contribution in [3.8, 4) is 0 Å². The number of nitrogens with zero attached hydrogens (tertiary/aromatic N) is 2. The van der Waals surface area contributed by atoms with E-state index in [0.717, 1.165) is 52.1 Å². The Labute approximate surface area is 122 Å². The van der Waals surface area contributed by atoms with Crippen LogP contribution in [0.25, 0.3) is 0 Å². The summed E-state index contributed by atoms with van der Waals surface area (Å²) in [6.45, 7) is 6.22. The first-order valence-corrected chi connectivity index (χ1v) is 8.58. The SMILES string of the molecule is O=C(N1CCCCC1)C1(N2CCCCC2)CCNCC1. The van der Waals surface area contributed by atoms with Crippen LogP contribution >= 0.6 is 0 Å². The van der Waals surface area contributed by atoms with Crippen LogP contribution in [-0.2, 0) is 4.79 Å². The summed E-state index contributed by atoms with van der Waals surface area (Å²) >= 11 is 0. The summed E-state index contributed by atoms with van der Waals surface area (Å²) in [6.07, 6.45) is 9.56. The lowest BCUT2D eigenvalue weighted by Crippen LogP contribution is -2.64. The highest BCUT2D eigenvalue weighted by Gasteiger charge is 2.46. The zero-order chi connectivity index (χ0) is 13.8. The highest BCUT2D eigenvalue weighted by molar-refractivity contribution is 5.86. The number of piperidine rings is 3. The number of hydrogen-bond acceptors (Lipinski definition) is 3. The summed E-state index contributed by atoms with van der Waals surface area (Å²) in [7, 11) is 0. The molecule has 114 valence electrons. The van der Waals surface area contributed by atoms with Crippen LogP contribution < -0.4 is 5.32 Å². The lowest BCUT2D eigenvalue weighted by Gasteiger charge is -2.49. The van der Waals surface area contributed by atoms with E-state index in [1.807, 2.05) is 0 Å². The van der Waals surface area contributed by atoms with Crippen molar-refractivity contribution in [2.45, 2.75) is 56.9 Å². The van der Waals surface area contributed by atoms with Gasteiger partial charge < -0.3 is 10.2 Å². The van der Waals surface area contributed by atoms with Gasteiger partial charge in [0, 0.05) is 13.1 Å². The van der Waals surface area contributed by atoms with Crippen LogP contribution in [0.4, 0.5) is 0 Å². The van der Waals surface area contributed by atoms with Crippen LogP contribution in [0.1, 0.15) is 51.4 Å². The first kappa shape index (κ1) is 14.3. The van der Waals surface area contributed by atoms with Gasteiger partial charge in [-0.15, -0.1) is 0 Å². The van der Waals surface area contributed by atoms with Gasteiger partial charge in [0.05, 0.1) is 0 Å². The molecule has 1 N–H and O–H groups in total. The average Bonchev–Trinajstić information content (AvgIpc) is 2.56. The fourth-order valence-corrected chi connectivity index (χ4v) is 4.22. The summed E-state index contributed by atoms with van der Waals surface area (Å²) in [5.41, 5.74) is -0.178. The van der Waals surface area contributed by atoms with Gasteiger partial charge in [-0.25, -0.2) is 0 Å².